The van der Waals surface area contributed by atoms with E-state index in [9.17, 15) is 6.48 Å². The van der Waals surface area contributed by atoms with Crippen LogP contribution in [0.2, 0.25) is 0 Å². The topological polar surface area (TPSA) is 41.9 Å². The molecule has 4 nitrogen and oxygen atoms in total. The van der Waals surface area contributed by atoms with Crippen LogP contribution in [0.25, 0.3) is 0 Å². The van der Waals surface area contributed by atoms with Crippen LogP contribution in [0.4, 0.5) is 0 Å². The zero-order valence-corrected chi connectivity index (χ0v) is 12.2. The summed E-state index contributed by atoms with van der Waals surface area (Å²) in [5, 5.41) is 10.8. The predicted molar refractivity (Wildman–Crippen MR) is 82.5 cm³/mol. The number of hydrogen-bond donors (Lipinski definition) is 1. The van der Waals surface area contributed by atoms with Gasteiger partial charge in [0.1, 0.15) is 12.2 Å². The Bertz CT molecular complexity index is 917. The van der Waals surface area contributed by atoms with E-state index in [0.29, 0.717) is 24.9 Å². The number of benzene rings is 1. The molecule has 1 saturated heterocycles. The van der Waals surface area contributed by atoms with E-state index in [0.717, 1.165) is 5.56 Å². The van der Waals surface area contributed by atoms with Gasteiger partial charge in [0.15, 0.2) is 11.5 Å². The lowest BCUT2D eigenvalue weighted by Crippen LogP contribution is -2.64. The molecule has 1 fully saturated rings. The lowest BCUT2D eigenvalue weighted by molar-refractivity contribution is -0.0453. The summed E-state index contributed by atoms with van der Waals surface area (Å²) in [6.07, 6.45) is -1.04. The fourth-order valence-corrected chi connectivity index (χ4v) is 4.65. The summed E-state index contributed by atoms with van der Waals surface area (Å²) in [6, 6.07) is 3.00. The van der Waals surface area contributed by atoms with Gasteiger partial charge in [0.2, 0.25) is 0 Å². The molecule has 0 amide bonds. The predicted octanol–water partition coefficient (Wildman–Crippen LogP) is 1.50. The van der Waals surface area contributed by atoms with Crippen molar-refractivity contribution in [3.8, 4) is 11.5 Å². The van der Waals surface area contributed by atoms with Crippen LogP contribution < -0.4 is 9.47 Å². The van der Waals surface area contributed by atoms with Gasteiger partial charge in [-0.1, -0.05) is 18.2 Å². The van der Waals surface area contributed by atoms with Crippen LogP contribution in [0.3, 0.4) is 0 Å². The van der Waals surface area contributed by atoms with Crippen LogP contribution in [0.1, 0.15) is 25.8 Å². The van der Waals surface area contributed by atoms with E-state index in [1.54, 1.807) is 6.07 Å². The molecule has 2 unspecified atom stereocenters. The molecule has 2 aliphatic carbocycles. The molecule has 0 aromatic heterocycles. The minimum atomic E-state index is -2.72. The Hall–Kier alpha value is -1.52. The first-order valence-corrected chi connectivity index (χ1v) is 7.54. The lowest BCUT2D eigenvalue weighted by Gasteiger charge is -2.56. The Kier molecular flexibility index (Phi) is 1.54. The van der Waals surface area contributed by atoms with Crippen molar-refractivity contribution in [1.82, 2.24) is 4.90 Å². The van der Waals surface area contributed by atoms with Gasteiger partial charge in [-0.25, -0.2) is 0 Å². The van der Waals surface area contributed by atoms with Gasteiger partial charge >= 0.3 is 0 Å². The number of ether oxygens (including phenoxy) is 2. The second-order valence-corrected chi connectivity index (χ2v) is 6.49. The molecule has 4 aliphatic rings. The first-order valence-electron chi connectivity index (χ1n) is 10.5. The van der Waals surface area contributed by atoms with E-state index < -0.39 is 30.5 Å². The first-order chi connectivity index (χ1) is 12.9. The fourth-order valence-electron chi connectivity index (χ4n) is 4.65. The molecule has 0 radical (unpaired) electrons. The number of methoxy groups -OCH3 is 1. The minimum Gasteiger partial charge on any atom is -0.493 e. The molecule has 2 bridgehead atoms. The standard InChI is InChI=1S/C18H21NO3/c1-19-8-7-18-11-4-5-13(20)17(18)22-16-14(21-2)6-3-10(15(16)18)9-12(11)19/h3-6,11-13,17,20H,7-9H2,1-2H3/t11-,12+,13?,17?,18-/m0/s1/i2D3,11D,13D,17D. The zero-order valence-electron chi connectivity index (χ0n) is 18.2. The van der Waals surface area contributed by atoms with Gasteiger partial charge in [0, 0.05) is 24.3 Å². The number of piperidine rings is 1. The number of rotatable bonds is 1. The van der Waals surface area contributed by atoms with Gasteiger partial charge in [-0.05, 0) is 38.1 Å². The molecule has 4 heteroatoms. The Morgan fingerprint density at radius 2 is 2.41 bits per heavy atom. The van der Waals surface area contributed by atoms with Crippen molar-refractivity contribution in [3.05, 3.63) is 35.4 Å². The summed E-state index contributed by atoms with van der Waals surface area (Å²) >= 11 is 0. The molecular formula is C18H21NO3. The van der Waals surface area contributed by atoms with Crippen molar-refractivity contribution in [1.29, 1.82) is 0 Å². The molecule has 1 N–H and O–H groups in total. The van der Waals surface area contributed by atoms with Gasteiger partial charge in [-0.15, -0.1) is 0 Å². The highest BCUT2D eigenvalue weighted by molar-refractivity contribution is 5.62. The van der Waals surface area contributed by atoms with Crippen molar-refractivity contribution in [2.45, 2.75) is 36.5 Å². The van der Waals surface area contributed by atoms with Crippen LogP contribution in [0, 0.1) is 5.89 Å². The highest BCUT2D eigenvalue weighted by atomic mass is 16.5. The molecule has 1 aromatic rings. The van der Waals surface area contributed by atoms with E-state index in [1.807, 2.05) is 7.05 Å². The summed E-state index contributed by atoms with van der Waals surface area (Å²) in [4.78, 5) is 2.07. The maximum absolute atomic E-state index is 10.8. The molecule has 2 aliphatic heterocycles. The molecule has 1 aromatic carbocycles. The summed E-state index contributed by atoms with van der Waals surface area (Å²) in [7, 11) is -0.783. The summed E-state index contributed by atoms with van der Waals surface area (Å²) in [6.45, 7) is 0.572. The van der Waals surface area contributed by atoms with E-state index in [4.69, 9.17) is 16.3 Å². The Morgan fingerprint density at radius 3 is 3.27 bits per heavy atom. The van der Waals surface area contributed by atoms with Crippen molar-refractivity contribution in [2.24, 2.45) is 5.89 Å². The number of nitrogens with zero attached hydrogens (tertiary/aromatic N) is 1. The molecule has 22 heavy (non-hydrogen) atoms. The third kappa shape index (κ3) is 1.28. The number of aliphatic hydroxyl groups is 1. The van der Waals surface area contributed by atoms with Crippen LogP contribution in [0.15, 0.2) is 24.3 Å². The Balaban J connectivity index is 1.85. The van der Waals surface area contributed by atoms with E-state index in [-0.39, 0.29) is 17.5 Å². The number of hydrogen-bond acceptors (Lipinski definition) is 4. The average molecular weight is 305 g/mol. The number of likely N-dealkylation sites (N-methyl/N-ethyl adjacent to an activating group) is 1. The van der Waals surface area contributed by atoms with Crippen molar-refractivity contribution >= 4 is 0 Å². The fraction of sp³-hybridized carbons (Fsp3) is 0.556. The van der Waals surface area contributed by atoms with Gasteiger partial charge in [-0.3, -0.25) is 0 Å². The lowest BCUT2D eigenvalue weighted by atomic mass is 9.53. The van der Waals surface area contributed by atoms with Crippen LogP contribution in [0.5, 0.6) is 11.5 Å². The monoisotopic (exact) mass is 305 g/mol. The molecule has 0 saturated carbocycles. The smallest absolute Gasteiger partial charge is 0.165 e. The summed E-state index contributed by atoms with van der Waals surface area (Å²) < 4.78 is 60.3. The van der Waals surface area contributed by atoms with Crippen molar-refractivity contribution in [3.63, 3.8) is 0 Å². The molecule has 2 heterocycles. The van der Waals surface area contributed by atoms with Gasteiger partial charge in [0.25, 0.3) is 0 Å². The summed E-state index contributed by atoms with van der Waals surface area (Å²) in [5.41, 5.74) is 0.0746. The van der Waals surface area contributed by atoms with Crippen LogP contribution in [-0.2, 0) is 11.8 Å². The average Bonchev–Trinajstić information content (AvgIpc) is 2.86. The van der Waals surface area contributed by atoms with Crippen LogP contribution in [-0.4, -0.2) is 48.8 Å². The molecular weight excluding hydrogens is 278 g/mol. The SMILES string of the molecule is [2H]C([2H])([2H])Oc1ccc2c3c1OC1([2H])C([2H])(O)C=C[C@@]4([2H])[C@@H](C2)N(C)CC[C@]314. The molecule has 1 spiro atoms. The highest BCUT2D eigenvalue weighted by Gasteiger charge is 2.64. The first kappa shape index (κ1) is 8.37. The van der Waals surface area contributed by atoms with Gasteiger partial charge in [0.05, 0.1) is 13.9 Å². The maximum Gasteiger partial charge on any atom is 0.165 e. The van der Waals surface area contributed by atoms with E-state index >= 15 is 0 Å². The van der Waals surface area contributed by atoms with Gasteiger partial charge < -0.3 is 19.5 Å². The van der Waals surface area contributed by atoms with Crippen LogP contribution >= 0.6 is 0 Å². The quantitative estimate of drug-likeness (QED) is 0.799. The van der Waals surface area contributed by atoms with Gasteiger partial charge in [-0.2, -0.15) is 0 Å². The molecule has 116 valence electrons. The second kappa shape index (κ2) is 4.06. The highest BCUT2D eigenvalue weighted by Crippen LogP contribution is 2.62. The summed E-state index contributed by atoms with van der Waals surface area (Å²) in [5.74, 6) is -1.28. The van der Waals surface area contributed by atoms with E-state index in [2.05, 4.69) is 4.90 Å². The van der Waals surface area contributed by atoms with Crippen molar-refractivity contribution < 1.29 is 22.8 Å². The van der Waals surface area contributed by atoms with E-state index in [1.165, 1.54) is 18.2 Å². The Morgan fingerprint density at radius 1 is 1.50 bits per heavy atom. The third-order valence-electron chi connectivity index (χ3n) is 5.63. The zero-order chi connectivity index (χ0) is 20.3. The molecule has 5 atom stereocenters. The third-order valence-corrected chi connectivity index (χ3v) is 5.63. The minimum absolute atomic E-state index is 0.0512. The normalized spacial score (nSPS) is 55.6. The largest absolute Gasteiger partial charge is 0.493 e. The molecule has 5 rings (SSSR count). The van der Waals surface area contributed by atoms with Crippen molar-refractivity contribution in [2.75, 3.05) is 20.6 Å². The Labute approximate surface area is 138 Å². The number of likely N-dealkylation sites (tertiary alicyclic amines) is 1. The maximum atomic E-state index is 10.8. The second-order valence-electron chi connectivity index (χ2n) is 6.49.